The molecule has 3 aliphatic rings. The lowest BCUT2D eigenvalue weighted by Gasteiger charge is -2.27. The second kappa shape index (κ2) is 7.73. The van der Waals surface area contributed by atoms with Crippen LogP contribution in [0.4, 0.5) is 0 Å². The molecule has 3 rings (SSSR count). The Morgan fingerprint density at radius 1 is 1.25 bits per heavy atom. The van der Waals surface area contributed by atoms with Crippen LogP contribution in [0.15, 0.2) is 40.6 Å². The van der Waals surface area contributed by atoms with Gasteiger partial charge in [-0.15, -0.1) is 0 Å². The molecule has 1 N–H and O–H groups in total. The molecule has 4 nitrogen and oxygen atoms in total. The van der Waals surface area contributed by atoms with Crippen molar-refractivity contribution in [3.05, 3.63) is 35.6 Å². The highest BCUT2D eigenvalue weighted by molar-refractivity contribution is 6.11. The number of nitrogens with zero attached hydrogens (tertiary/aromatic N) is 1. The van der Waals surface area contributed by atoms with Gasteiger partial charge in [0.2, 0.25) is 11.8 Å². The number of rotatable bonds is 4. The Morgan fingerprint density at radius 2 is 2.04 bits per heavy atom. The van der Waals surface area contributed by atoms with E-state index in [0.717, 1.165) is 37.0 Å². The standard InChI is InChI=1S/C20H26N2O2/c1-2-6-15-12-20(24)22-18-13-16(9-10-17(15)18)21-19(23)11-14-7-4-3-5-8-14/h9-10,12-14,17H,2-8,11H2,1H3,(H,22,24). The lowest BCUT2D eigenvalue weighted by molar-refractivity contribution is -0.119. The van der Waals surface area contributed by atoms with E-state index < -0.39 is 0 Å². The molecule has 2 amide bonds. The van der Waals surface area contributed by atoms with Crippen molar-refractivity contribution in [1.82, 2.24) is 5.32 Å². The van der Waals surface area contributed by atoms with Crippen molar-refractivity contribution in [1.29, 1.82) is 0 Å². The van der Waals surface area contributed by atoms with E-state index in [1.807, 2.05) is 18.2 Å². The van der Waals surface area contributed by atoms with Crippen LogP contribution >= 0.6 is 0 Å². The van der Waals surface area contributed by atoms with E-state index in [1.165, 1.54) is 19.3 Å². The lowest BCUT2D eigenvalue weighted by atomic mass is 9.85. The number of nitrogens with one attached hydrogen (secondary N) is 1. The van der Waals surface area contributed by atoms with E-state index in [9.17, 15) is 9.59 Å². The SMILES string of the molecule is CCCC1=CC(=O)NC2=CC(=NC(=O)CC3CCCCC3)C=CC12. The normalized spacial score (nSPS) is 25.8. The maximum absolute atomic E-state index is 12.2. The summed E-state index contributed by atoms with van der Waals surface area (Å²) >= 11 is 0. The third-order valence-electron chi connectivity index (χ3n) is 5.06. The third kappa shape index (κ3) is 4.11. The minimum absolute atomic E-state index is 0.0386. The summed E-state index contributed by atoms with van der Waals surface area (Å²) in [5, 5.41) is 2.89. The minimum atomic E-state index is -0.0795. The Bertz CT molecular complexity index is 634. The van der Waals surface area contributed by atoms with Crippen molar-refractivity contribution in [2.24, 2.45) is 16.8 Å². The largest absolute Gasteiger partial charge is 0.325 e. The number of fused-ring (bicyclic) bond motifs is 1. The van der Waals surface area contributed by atoms with Gasteiger partial charge in [-0.2, -0.15) is 0 Å². The first kappa shape index (κ1) is 16.9. The van der Waals surface area contributed by atoms with Gasteiger partial charge in [0, 0.05) is 24.1 Å². The van der Waals surface area contributed by atoms with Crippen LogP contribution in [-0.2, 0) is 9.59 Å². The molecule has 1 saturated carbocycles. The molecule has 128 valence electrons. The molecule has 0 radical (unpaired) electrons. The first-order chi connectivity index (χ1) is 11.7. The Kier molecular flexibility index (Phi) is 5.44. The highest BCUT2D eigenvalue weighted by Gasteiger charge is 2.26. The zero-order valence-corrected chi connectivity index (χ0v) is 14.4. The first-order valence-corrected chi connectivity index (χ1v) is 9.18. The number of carbonyl (C=O) groups excluding carboxylic acids is 2. The molecule has 1 aliphatic heterocycles. The van der Waals surface area contributed by atoms with Crippen LogP contribution in [0.1, 0.15) is 58.3 Å². The Labute approximate surface area is 143 Å². The smallest absolute Gasteiger partial charge is 0.248 e. The number of hydrogen-bond donors (Lipinski definition) is 1. The van der Waals surface area contributed by atoms with Gasteiger partial charge in [-0.25, -0.2) is 4.99 Å². The van der Waals surface area contributed by atoms with Gasteiger partial charge < -0.3 is 5.32 Å². The van der Waals surface area contributed by atoms with Gasteiger partial charge in [-0.05, 0) is 37.3 Å². The molecule has 0 bridgehead atoms. The molecule has 1 unspecified atom stereocenters. The van der Waals surface area contributed by atoms with Gasteiger partial charge in [-0.3, -0.25) is 9.59 Å². The monoisotopic (exact) mass is 326 g/mol. The van der Waals surface area contributed by atoms with Crippen molar-refractivity contribution >= 4 is 17.5 Å². The van der Waals surface area contributed by atoms with E-state index in [-0.39, 0.29) is 17.7 Å². The summed E-state index contributed by atoms with van der Waals surface area (Å²) in [7, 11) is 0. The predicted octanol–water partition coefficient (Wildman–Crippen LogP) is 3.85. The Morgan fingerprint density at radius 3 is 2.79 bits per heavy atom. The van der Waals surface area contributed by atoms with E-state index >= 15 is 0 Å². The van der Waals surface area contributed by atoms with E-state index in [2.05, 4.69) is 17.2 Å². The third-order valence-corrected chi connectivity index (χ3v) is 5.06. The summed E-state index contributed by atoms with van der Waals surface area (Å²) in [5.41, 5.74) is 2.63. The molecule has 24 heavy (non-hydrogen) atoms. The lowest BCUT2D eigenvalue weighted by Crippen LogP contribution is -2.33. The number of allylic oxidation sites excluding steroid dienone is 3. The molecular weight excluding hydrogens is 300 g/mol. The highest BCUT2D eigenvalue weighted by atomic mass is 16.2. The van der Waals surface area contributed by atoms with E-state index in [1.54, 1.807) is 6.08 Å². The van der Waals surface area contributed by atoms with Crippen LogP contribution < -0.4 is 5.32 Å². The number of hydrogen-bond acceptors (Lipinski definition) is 2. The topological polar surface area (TPSA) is 58.5 Å². The molecule has 2 aliphatic carbocycles. The number of amides is 2. The van der Waals surface area contributed by atoms with Crippen LogP contribution in [0.3, 0.4) is 0 Å². The molecule has 1 atom stereocenters. The van der Waals surface area contributed by atoms with Crippen LogP contribution in [0, 0.1) is 11.8 Å². The van der Waals surface area contributed by atoms with Crippen molar-refractivity contribution in [3.63, 3.8) is 0 Å². The van der Waals surface area contributed by atoms with Gasteiger partial charge in [-0.1, -0.05) is 44.3 Å². The fraction of sp³-hybridized carbons (Fsp3) is 0.550. The Hall–Kier alpha value is -1.97. The predicted molar refractivity (Wildman–Crippen MR) is 95.5 cm³/mol. The average Bonchev–Trinajstić information content (AvgIpc) is 2.55. The van der Waals surface area contributed by atoms with Gasteiger partial charge in [0.25, 0.3) is 0 Å². The number of carbonyl (C=O) groups is 2. The molecule has 4 heteroatoms. The van der Waals surface area contributed by atoms with Crippen molar-refractivity contribution in [3.8, 4) is 0 Å². The maximum atomic E-state index is 12.2. The zero-order valence-electron chi connectivity index (χ0n) is 14.4. The fourth-order valence-corrected chi connectivity index (χ4v) is 3.88. The van der Waals surface area contributed by atoms with Crippen LogP contribution in [0.25, 0.3) is 0 Å². The molecule has 1 fully saturated rings. The summed E-state index contributed by atoms with van der Waals surface area (Å²) in [4.78, 5) is 28.3. The molecule has 0 aromatic rings. The fourth-order valence-electron chi connectivity index (χ4n) is 3.88. The van der Waals surface area contributed by atoms with Crippen LogP contribution in [0.2, 0.25) is 0 Å². The van der Waals surface area contributed by atoms with Gasteiger partial charge in [0.05, 0.1) is 5.71 Å². The van der Waals surface area contributed by atoms with Crippen molar-refractivity contribution in [2.75, 3.05) is 0 Å². The second-order valence-corrected chi connectivity index (χ2v) is 7.03. The molecule has 0 saturated heterocycles. The van der Waals surface area contributed by atoms with Crippen LogP contribution in [-0.4, -0.2) is 17.5 Å². The van der Waals surface area contributed by atoms with Crippen LogP contribution in [0.5, 0.6) is 0 Å². The van der Waals surface area contributed by atoms with Gasteiger partial charge in [0.1, 0.15) is 0 Å². The first-order valence-electron chi connectivity index (χ1n) is 9.18. The maximum Gasteiger partial charge on any atom is 0.248 e. The Balaban J connectivity index is 1.68. The summed E-state index contributed by atoms with van der Waals surface area (Å²) in [6.07, 6.45) is 16.0. The molecular formula is C20H26N2O2. The zero-order chi connectivity index (χ0) is 16.9. The molecule has 0 aromatic heterocycles. The minimum Gasteiger partial charge on any atom is -0.325 e. The van der Waals surface area contributed by atoms with Crippen molar-refractivity contribution in [2.45, 2.75) is 58.3 Å². The van der Waals surface area contributed by atoms with E-state index in [4.69, 9.17) is 0 Å². The summed E-state index contributed by atoms with van der Waals surface area (Å²) in [5.74, 6) is 0.500. The molecule has 0 spiro atoms. The summed E-state index contributed by atoms with van der Waals surface area (Å²) < 4.78 is 0. The number of aliphatic imine (C=N–C) groups is 1. The average molecular weight is 326 g/mol. The quantitative estimate of drug-likeness (QED) is 0.853. The van der Waals surface area contributed by atoms with Crippen molar-refractivity contribution < 1.29 is 9.59 Å². The summed E-state index contributed by atoms with van der Waals surface area (Å²) in [6.45, 7) is 2.11. The molecule has 0 aromatic carbocycles. The highest BCUT2D eigenvalue weighted by Crippen LogP contribution is 2.30. The summed E-state index contributed by atoms with van der Waals surface area (Å²) in [6, 6.07) is 0. The molecule has 1 heterocycles. The van der Waals surface area contributed by atoms with Gasteiger partial charge >= 0.3 is 0 Å². The second-order valence-electron chi connectivity index (χ2n) is 7.03. The van der Waals surface area contributed by atoms with E-state index in [0.29, 0.717) is 18.1 Å². The van der Waals surface area contributed by atoms with Gasteiger partial charge in [0.15, 0.2) is 0 Å².